The zero-order chi connectivity index (χ0) is 10.8. The van der Waals surface area contributed by atoms with Crippen molar-refractivity contribution >= 4 is 23.1 Å². The third kappa shape index (κ3) is 1.68. The minimum Gasteiger partial charge on any atom is -0.278 e. The van der Waals surface area contributed by atoms with Crippen molar-refractivity contribution in [1.29, 1.82) is 0 Å². The van der Waals surface area contributed by atoms with Crippen LogP contribution >= 0.6 is 0 Å². The zero-order valence-corrected chi connectivity index (χ0v) is 8.69. The van der Waals surface area contributed by atoms with E-state index in [9.17, 15) is 4.79 Å². The first-order valence-electron chi connectivity index (χ1n) is 4.81. The second kappa shape index (κ2) is 3.68. The summed E-state index contributed by atoms with van der Waals surface area (Å²) in [6.45, 7) is 3.64. The van der Waals surface area contributed by atoms with Gasteiger partial charge in [0.2, 0.25) is 5.91 Å². The van der Waals surface area contributed by atoms with Gasteiger partial charge in [-0.3, -0.25) is 15.2 Å². The summed E-state index contributed by atoms with van der Waals surface area (Å²) in [6, 6.07) is 1.77. The Morgan fingerprint density at radius 3 is 3.13 bits per heavy atom. The van der Waals surface area contributed by atoms with Gasteiger partial charge in [0.05, 0.1) is 11.9 Å². The van der Waals surface area contributed by atoms with Crippen molar-refractivity contribution in [2.45, 2.75) is 20.3 Å². The number of nitrogens with one attached hydrogen (secondary N) is 1. The fourth-order valence-corrected chi connectivity index (χ4v) is 1.44. The lowest BCUT2D eigenvalue weighted by molar-refractivity contribution is -0.118. The van der Waals surface area contributed by atoms with E-state index in [1.54, 1.807) is 18.5 Å². The van der Waals surface area contributed by atoms with Gasteiger partial charge in [-0.25, -0.2) is 10.0 Å². The lowest BCUT2D eigenvalue weighted by Crippen LogP contribution is -2.47. The van der Waals surface area contributed by atoms with Crippen molar-refractivity contribution in [2.75, 3.05) is 5.01 Å². The summed E-state index contributed by atoms with van der Waals surface area (Å²) >= 11 is 0. The second-order valence-electron chi connectivity index (χ2n) is 3.26. The fourth-order valence-electron chi connectivity index (χ4n) is 1.44. The monoisotopic (exact) mass is 204 g/mol. The number of hydrogen-bond donors (Lipinski definition) is 1. The van der Waals surface area contributed by atoms with Gasteiger partial charge in [-0.1, -0.05) is 6.92 Å². The summed E-state index contributed by atoms with van der Waals surface area (Å²) in [6.07, 6.45) is 3.74. The standard InChI is InChI=1S/C10H12N4O/c1-3-10(15)14-9-4-5-11-6-8(9)12-7(2)13-14/h4-6H,3H2,1-2H3,(H,12,13). The molecule has 1 aliphatic rings. The SMILES string of the molecule is CCC(=O)N1NC(C)=Nc2cnccc21. The summed E-state index contributed by atoms with van der Waals surface area (Å²) in [4.78, 5) is 19.9. The van der Waals surface area contributed by atoms with Gasteiger partial charge in [0.15, 0.2) is 0 Å². The predicted octanol–water partition coefficient (Wildman–Crippen LogP) is 1.39. The highest BCUT2D eigenvalue weighted by molar-refractivity contribution is 6.02. The Balaban J connectivity index is 2.46. The third-order valence-corrected chi connectivity index (χ3v) is 2.13. The zero-order valence-electron chi connectivity index (χ0n) is 8.69. The number of fused-ring (bicyclic) bond motifs is 1. The maximum atomic E-state index is 11.7. The molecule has 0 saturated carbocycles. The molecular formula is C10H12N4O. The molecule has 1 N–H and O–H groups in total. The Kier molecular flexibility index (Phi) is 2.37. The van der Waals surface area contributed by atoms with E-state index in [4.69, 9.17) is 0 Å². The highest BCUT2D eigenvalue weighted by atomic mass is 16.2. The summed E-state index contributed by atoms with van der Waals surface area (Å²) in [5.41, 5.74) is 4.40. The summed E-state index contributed by atoms with van der Waals surface area (Å²) in [5.74, 6) is 0.703. The Hall–Kier alpha value is -1.91. The molecule has 0 bridgehead atoms. The number of pyridine rings is 1. The normalized spacial score (nSPS) is 14.0. The Labute approximate surface area is 87.8 Å². The smallest absolute Gasteiger partial charge is 0.245 e. The van der Waals surface area contributed by atoms with Crippen LogP contribution in [0.1, 0.15) is 20.3 Å². The van der Waals surface area contributed by atoms with E-state index in [0.717, 1.165) is 11.4 Å². The van der Waals surface area contributed by atoms with Crippen molar-refractivity contribution in [1.82, 2.24) is 10.4 Å². The minimum absolute atomic E-state index is 0.0108. The van der Waals surface area contributed by atoms with Gasteiger partial charge in [-0.2, -0.15) is 0 Å². The van der Waals surface area contributed by atoms with Crippen molar-refractivity contribution < 1.29 is 4.79 Å². The van der Waals surface area contributed by atoms with E-state index in [1.807, 2.05) is 13.8 Å². The Bertz CT molecular complexity index is 427. The van der Waals surface area contributed by atoms with E-state index in [1.165, 1.54) is 5.01 Å². The number of hydrogen-bond acceptors (Lipinski definition) is 4. The molecule has 78 valence electrons. The maximum Gasteiger partial charge on any atom is 0.245 e. The number of carbonyl (C=O) groups excluding carboxylic acids is 1. The van der Waals surface area contributed by atoms with Crippen LogP contribution in [0, 0.1) is 0 Å². The first-order chi connectivity index (χ1) is 7.22. The lowest BCUT2D eigenvalue weighted by Gasteiger charge is -2.28. The van der Waals surface area contributed by atoms with Crippen LogP contribution in [0.2, 0.25) is 0 Å². The maximum absolute atomic E-state index is 11.7. The number of rotatable bonds is 1. The topological polar surface area (TPSA) is 57.6 Å². The highest BCUT2D eigenvalue weighted by Gasteiger charge is 2.21. The van der Waals surface area contributed by atoms with Gasteiger partial charge in [-0.15, -0.1) is 0 Å². The molecule has 5 nitrogen and oxygen atoms in total. The van der Waals surface area contributed by atoms with Crippen LogP contribution in [0.4, 0.5) is 11.4 Å². The molecule has 0 aliphatic carbocycles. The van der Waals surface area contributed by atoms with Crippen LogP contribution in [-0.2, 0) is 4.79 Å². The van der Waals surface area contributed by atoms with E-state index >= 15 is 0 Å². The van der Waals surface area contributed by atoms with E-state index < -0.39 is 0 Å². The molecule has 0 spiro atoms. The molecule has 0 unspecified atom stereocenters. The third-order valence-electron chi connectivity index (χ3n) is 2.13. The van der Waals surface area contributed by atoms with Crippen LogP contribution in [-0.4, -0.2) is 16.7 Å². The molecule has 2 heterocycles. The van der Waals surface area contributed by atoms with Crippen LogP contribution < -0.4 is 10.4 Å². The van der Waals surface area contributed by atoms with Crippen LogP contribution in [0.25, 0.3) is 0 Å². The van der Waals surface area contributed by atoms with Gasteiger partial charge in [-0.05, 0) is 13.0 Å². The Morgan fingerprint density at radius 2 is 2.40 bits per heavy atom. The number of nitrogens with zero attached hydrogens (tertiary/aromatic N) is 3. The molecule has 1 aromatic rings. The number of hydrazine groups is 1. The van der Waals surface area contributed by atoms with E-state index in [2.05, 4.69) is 15.4 Å². The van der Waals surface area contributed by atoms with Gasteiger partial charge in [0.25, 0.3) is 0 Å². The molecule has 0 saturated heterocycles. The largest absolute Gasteiger partial charge is 0.278 e. The molecule has 0 atom stereocenters. The van der Waals surface area contributed by atoms with Crippen molar-refractivity contribution in [3.8, 4) is 0 Å². The number of aliphatic imine (C=N–C) groups is 1. The summed E-state index contributed by atoms with van der Waals surface area (Å²) in [5, 5.41) is 1.51. The number of aromatic nitrogens is 1. The molecule has 15 heavy (non-hydrogen) atoms. The molecular weight excluding hydrogens is 192 g/mol. The van der Waals surface area contributed by atoms with Crippen molar-refractivity contribution in [3.63, 3.8) is 0 Å². The molecule has 5 heteroatoms. The van der Waals surface area contributed by atoms with Gasteiger partial charge in [0.1, 0.15) is 11.5 Å². The molecule has 0 fully saturated rings. The number of amidine groups is 1. The quantitative estimate of drug-likeness (QED) is 0.752. The summed E-state index contributed by atoms with van der Waals surface area (Å²) < 4.78 is 0. The first kappa shape index (κ1) is 9.64. The van der Waals surface area contributed by atoms with Crippen molar-refractivity contribution in [3.05, 3.63) is 18.5 Å². The fraction of sp³-hybridized carbons (Fsp3) is 0.300. The van der Waals surface area contributed by atoms with E-state index in [0.29, 0.717) is 12.3 Å². The average Bonchev–Trinajstić information content (AvgIpc) is 2.26. The van der Waals surface area contributed by atoms with Crippen LogP contribution in [0.15, 0.2) is 23.5 Å². The minimum atomic E-state index is 0.0108. The first-order valence-corrected chi connectivity index (χ1v) is 4.81. The highest BCUT2D eigenvalue weighted by Crippen LogP contribution is 2.29. The second-order valence-corrected chi connectivity index (χ2v) is 3.26. The van der Waals surface area contributed by atoms with Crippen molar-refractivity contribution in [2.24, 2.45) is 4.99 Å². The molecule has 1 amide bonds. The Morgan fingerprint density at radius 1 is 1.60 bits per heavy atom. The van der Waals surface area contributed by atoms with Gasteiger partial charge < -0.3 is 0 Å². The average molecular weight is 204 g/mol. The molecule has 0 radical (unpaired) electrons. The number of amides is 1. The lowest BCUT2D eigenvalue weighted by atomic mass is 10.3. The summed E-state index contributed by atoms with van der Waals surface area (Å²) in [7, 11) is 0. The van der Waals surface area contributed by atoms with Gasteiger partial charge >= 0.3 is 0 Å². The van der Waals surface area contributed by atoms with Gasteiger partial charge in [0, 0.05) is 12.6 Å². The predicted molar refractivity (Wildman–Crippen MR) is 57.9 cm³/mol. The van der Waals surface area contributed by atoms with Crippen LogP contribution in [0.5, 0.6) is 0 Å². The number of carbonyl (C=O) groups is 1. The molecule has 0 aromatic carbocycles. The molecule has 2 rings (SSSR count). The molecule has 1 aromatic heterocycles. The molecule has 1 aliphatic heterocycles. The number of anilines is 1. The van der Waals surface area contributed by atoms with E-state index in [-0.39, 0.29) is 5.91 Å². The van der Waals surface area contributed by atoms with Crippen LogP contribution in [0.3, 0.4) is 0 Å².